The molecular weight excluding hydrogens is 335 g/mol. The lowest BCUT2D eigenvalue weighted by atomic mass is 10.3. The van der Waals surface area contributed by atoms with Gasteiger partial charge in [-0.2, -0.15) is 17.9 Å². The molecule has 0 heterocycles. The zero-order chi connectivity index (χ0) is 13.6. The third-order valence-corrected chi connectivity index (χ3v) is 4.83. The molecule has 0 bridgehead atoms. The summed E-state index contributed by atoms with van der Waals surface area (Å²) >= 11 is 3.12. The molecule has 100 valence electrons. The van der Waals surface area contributed by atoms with Gasteiger partial charge in [0, 0.05) is 4.47 Å². The van der Waals surface area contributed by atoms with Gasteiger partial charge in [-0.05, 0) is 37.1 Å². The number of halogens is 4. The summed E-state index contributed by atoms with van der Waals surface area (Å²) in [6.07, 6.45) is -4.99. The Labute approximate surface area is 111 Å². The minimum absolute atomic E-state index is 0.179. The molecule has 1 fully saturated rings. The Morgan fingerprint density at radius 2 is 1.67 bits per heavy atom. The molecule has 0 amide bonds. The van der Waals surface area contributed by atoms with E-state index in [2.05, 4.69) is 15.9 Å². The van der Waals surface area contributed by atoms with Gasteiger partial charge in [-0.25, -0.2) is 8.42 Å². The molecule has 1 aromatic carbocycles. The van der Waals surface area contributed by atoms with Crippen molar-refractivity contribution in [1.29, 1.82) is 0 Å². The van der Waals surface area contributed by atoms with E-state index in [1.807, 2.05) is 0 Å². The van der Waals surface area contributed by atoms with E-state index in [1.165, 1.54) is 24.3 Å². The van der Waals surface area contributed by atoms with Gasteiger partial charge in [-0.15, -0.1) is 0 Å². The van der Waals surface area contributed by atoms with Crippen LogP contribution in [-0.4, -0.2) is 20.1 Å². The first-order valence-electron chi connectivity index (χ1n) is 5.03. The molecule has 1 N–H and O–H groups in total. The Morgan fingerprint density at radius 1 is 1.17 bits per heavy atom. The Bertz CT molecular complexity index is 549. The molecule has 0 radical (unpaired) electrons. The Morgan fingerprint density at radius 3 is 2.06 bits per heavy atom. The van der Waals surface area contributed by atoms with Crippen molar-refractivity contribution in [3.8, 4) is 0 Å². The summed E-state index contributed by atoms with van der Waals surface area (Å²) in [7, 11) is -4.15. The van der Waals surface area contributed by atoms with Crippen LogP contribution in [0.5, 0.6) is 0 Å². The fraction of sp³-hybridized carbons (Fsp3) is 0.400. The Kier molecular flexibility index (Phi) is 3.23. The van der Waals surface area contributed by atoms with Crippen LogP contribution in [0.25, 0.3) is 0 Å². The smallest absolute Gasteiger partial charge is 0.207 e. The molecule has 0 saturated heterocycles. The van der Waals surface area contributed by atoms with Crippen molar-refractivity contribution in [3.05, 3.63) is 28.7 Å². The summed E-state index contributed by atoms with van der Waals surface area (Å²) in [5.74, 6) is 0. The number of alkyl halides is 3. The van der Waals surface area contributed by atoms with Crippen LogP contribution in [0.1, 0.15) is 12.8 Å². The van der Waals surface area contributed by atoms with Gasteiger partial charge >= 0.3 is 6.18 Å². The second kappa shape index (κ2) is 4.21. The van der Waals surface area contributed by atoms with Gasteiger partial charge in [0.2, 0.25) is 10.0 Å². The molecule has 1 saturated carbocycles. The predicted molar refractivity (Wildman–Crippen MR) is 62.5 cm³/mol. The molecule has 0 unspecified atom stereocenters. The van der Waals surface area contributed by atoms with Gasteiger partial charge in [0.15, 0.2) is 0 Å². The van der Waals surface area contributed by atoms with E-state index in [0.29, 0.717) is 4.47 Å². The number of hydrogen-bond donors (Lipinski definition) is 1. The standard InChI is InChI=1S/C10H9BrF3NO2S/c11-7-1-3-8(4-2-7)18(16,17)15-9(5-6-9)10(12,13)14/h1-4,15H,5-6H2. The van der Waals surface area contributed by atoms with Gasteiger partial charge in [0.25, 0.3) is 0 Å². The Balaban J connectivity index is 2.26. The van der Waals surface area contributed by atoms with Crippen LogP contribution in [0.15, 0.2) is 33.6 Å². The van der Waals surface area contributed by atoms with E-state index in [1.54, 1.807) is 4.72 Å². The molecule has 0 aromatic heterocycles. The molecule has 2 rings (SSSR count). The van der Waals surface area contributed by atoms with E-state index in [9.17, 15) is 21.6 Å². The van der Waals surface area contributed by atoms with Crippen LogP contribution in [0.4, 0.5) is 13.2 Å². The second-order valence-electron chi connectivity index (χ2n) is 4.14. The predicted octanol–water partition coefficient (Wildman–Crippen LogP) is 2.82. The zero-order valence-corrected chi connectivity index (χ0v) is 11.4. The number of hydrogen-bond acceptors (Lipinski definition) is 2. The molecule has 0 aliphatic heterocycles. The summed E-state index contributed by atoms with van der Waals surface area (Å²) in [6, 6.07) is 5.42. The molecular formula is C10H9BrF3NO2S. The fourth-order valence-electron chi connectivity index (χ4n) is 1.50. The average molecular weight is 344 g/mol. The van der Waals surface area contributed by atoms with Gasteiger partial charge in [0.05, 0.1) is 4.90 Å². The van der Waals surface area contributed by atoms with Crippen LogP contribution >= 0.6 is 15.9 Å². The summed E-state index contributed by atoms with van der Waals surface area (Å²) in [5.41, 5.74) is -2.28. The van der Waals surface area contributed by atoms with Crippen molar-refractivity contribution in [3.63, 3.8) is 0 Å². The van der Waals surface area contributed by atoms with Crippen molar-refractivity contribution in [1.82, 2.24) is 4.72 Å². The van der Waals surface area contributed by atoms with Crippen molar-refractivity contribution < 1.29 is 21.6 Å². The zero-order valence-electron chi connectivity index (χ0n) is 8.96. The number of sulfonamides is 1. The number of rotatable bonds is 3. The van der Waals surface area contributed by atoms with Gasteiger partial charge in [-0.1, -0.05) is 15.9 Å². The maximum atomic E-state index is 12.7. The van der Waals surface area contributed by atoms with Gasteiger partial charge in [-0.3, -0.25) is 0 Å². The molecule has 1 aliphatic rings. The van der Waals surface area contributed by atoms with Crippen molar-refractivity contribution >= 4 is 26.0 Å². The third kappa shape index (κ3) is 2.55. The first-order valence-corrected chi connectivity index (χ1v) is 7.30. The summed E-state index contributed by atoms with van der Waals surface area (Å²) in [6.45, 7) is 0. The average Bonchev–Trinajstić information content (AvgIpc) is 2.97. The maximum absolute atomic E-state index is 12.7. The quantitative estimate of drug-likeness (QED) is 0.917. The topological polar surface area (TPSA) is 46.2 Å². The second-order valence-corrected chi connectivity index (χ2v) is 6.74. The first-order chi connectivity index (χ1) is 8.16. The molecule has 1 aliphatic carbocycles. The molecule has 3 nitrogen and oxygen atoms in total. The highest BCUT2D eigenvalue weighted by Crippen LogP contribution is 2.49. The van der Waals surface area contributed by atoms with Crippen LogP contribution < -0.4 is 4.72 Å². The molecule has 0 atom stereocenters. The van der Waals surface area contributed by atoms with E-state index in [4.69, 9.17) is 0 Å². The number of nitrogens with one attached hydrogen (secondary N) is 1. The third-order valence-electron chi connectivity index (χ3n) is 2.75. The van der Waals surface area contributed by atoms with E-state index < -0.39 is 21.7 Å². The van der Waals surface area contributed by atoms with Crippen LogP contribution in [0.3, 0.4) is 0 Å². The van der Waals surface area contributed by atoms with Crippen molar-refractivity contribution in [2.75, 3.05) is 0 Å². The minimum Gasteiger partial charge on any atom is -0.207 e. The lowest BCUT2D eigenvalue weighted by Crippen LogP contribution is -2.47. The lowest BCUT2D eigenvalue weighted by molar-refractivity contribution is -0.160. The monoisotopic (exact) mass is 343 g/mol. The summed E-state index contributed by atoms with van der Waals surface area (Å²) in [4.78, 5) is -0.179. The van der Waals surface area contributed by atoms with Crippen LogP contribution in [0, 0.1) is 0 Å². The van der Waals surface area contributed by atoms with E-state index in [0.717, 1.165) is 0 Å². The Hall–Kier alpha value is -0.600. The van der Waals surface area contributed by atoms with Crippen LogP contribution in [0.2, 0.25) is 0 Å². The van der Waals surface area contributed by atoms with Crippen LogP contribution in [-0.2, 0) is 10.0 Å². The molecule has 18 heavy (non-hydrogen) atoms. The fourth-order valence-corrected chi connectivity index (χ4v) is 3.21. The molecule has 1 aromatic rings. The normalized spacial score (nSPS) is 18.7. The van der Waals surface area contributed by atoms with Gasteiger partial charge in [0.1, 0.15) is 5.54 Å². The summed E-state index contributed by atoms with van der Waals surface area (Å²) in [5, 5.41) is 0. The van der Waals surface area contributed by atoms with E-state index in [-0.39, 0.29) is 17.7 Å². The lowest BCUT2D eigenvalue weighted by Gasteiger charge is -2.20. The first kappa shape index (κ1) is 13.8. The minimum atomic E-state index is -4.56. The maximum Gasteiger partial charge on any atom is 0.407 e. The largest absolute Gasteiger partial charge is 0.407 e. The highest BCUT2D eigenvalue weighted by Gasteiger charge is 2.65. The highest BCUT2D eigenvalue weighted by atomic mass is 79.9. The van der Waals surface area contributed by atoms with Gasteiger partial charge < -0.3 is 0 Å². The summed E-state index contributed by atoms with van der Waals surface area (Å²) < 4.78 is 64.1. The SMILES string of the molecule is O=S(=O)(NC1(C(F)(F)F)CC1)c1ccc(Br)cc1. The molecule has 0 spiro atoms. The van der Waals surface area contributed by atoms with E-state index >= 15 is 0 Å². The molecule has 8 heteroatoms. The highest BCUT2D eigenvalue weighted by molar-refractivity contribution is 9.10. The number of benzene rings is 1. The van der Waals surface area contributed by atoms with Crippen molar-refractivity contribution in [2.24, 2.45) is 0 Å². The van der Waals surface area contributed by atoms with Crippen molar-refractivity contribution in [2.45, 2.75) is 29.5 Å².